The maximum absolute atomic E-state index is 13.2. The molecule has 0 radical (unpaired) electrons. The molecular weight excluding hydrogens is 237 g/mol. The van der Waals surface area contributed by atoms with Gasteiger partial charge in [-0.2, -0.15) is 0 Å². The van der Waals surface area contributed by atoms with E-state index in [1.807, 2.05) is 6.92 Å². The van der Waals surface area contributed by atoms with E-state index in [0.717, 1.165) is 5.56 Å². The van der Waals surface area contributed by atoms with Crippen LogP contribution in [-0.2, 0) is 4.74 Å². The summed E-state index contributed by atoms with van der Waals surface area (Å²) in [6.07, 6.45) is 0. The van der Waals surface area contributed by atoms with E-state index in [2.05, 4.69) is 5.32 Å². The summed E-state index contributed by atoms with van der Waals surface area (Å²) in [5, 5.41) is 11.8. The van der Waals surface area contributed by atoms with Gasteiger partial charge < -0.3 is 19.9 Å². The molecule has 0 aromatic heterocycles. The second-order valence-corrected chi connectivity index (χ2v) is 3.91. The highest BCUT2D eigenvalue weighted by atomic mass is 19.1. The van der Waals surface area contributed by atoms with Gasteiger partial charge in [-0.15, -0.1) is 0 Å². The first kappa shape index (κ1) is 14.9. The summed E-state index contributed by atoms with van der Waals surface area (Å²) < 4.78 is 23.3. The van der Waals surface area contributed by atoms with Crippen molar-refractivity contribution in [1.82, 2.24) is 5.32 Å². The van der Waals surface area contributed by atoms with Crippen LogP contribution < -0.4 is 10.1 Å². The van der Waals surface area contributed by atoms with Gasteiger partial charge in [0.2, 0.25) is 0 Å². The van der Waals surface area contributed by atoms with E-state index in [9.17, 15) is 4.39 Å². The van der Waals surface area contributed by atoms with E-state index in [-0.39, 0.29) is 24.2 Å². The van der Waals surface area contributed by atoms with E-state index in [4.69, 9.17) is 14.6 Å². The maximum Gasteiger partial charge on any atom is 0.165 e. The first-order valence-electron chi connectivity index (χ1n) is 5.94. The zero-order valence-corrected chi connectivity index (χ0v) is 10.8. The Hall–Kier alpha value is -1.17. The Morgan fingerprint density at radius 3 is 2.83 bits per heavy atom. The molecule has 1 unspecified atom stereocenters. The summed E-state index contributed by atoms with van der Waals surface area (Å²) in [4.78, 5) is 0. The van der Waals surface area contributed by atoms with E-state index in [0.29, 0.717) is 19.8 Å². The van der Waals surface area contributed by atoms with Gasteiger partial charge in [0.05, 0.1) is 26.9 Å². The van der Waals surface area contributed by atoms with Crippen LogP contribution in [0, 0.1) is 5.82 Å². The average Bonchev–Trinajstić information content (AvgIpc) is 2.38. The molecule has 0 heterocycles. The van der Waals surface area contributed by atoms with Crippen molar-refractivity contribution >= 4 is 0 Å². The van der Waals surface area contributed by atoms with Crippen LogP contribution in [0.2, 0.25) is 0 Å². The van der Waals surface area contributed by atoms with Crippen molar-refractivity contribution in [2.75, 3.05) is 33.5 Å². The van der Waals surface area contributed by atoms with Crippen LogP contribution in [0.25, 0.3) is 0 Å². The van der Waals surface area contributed by atoms with Gasteiger partial charge in [-0.25, -0.2) is 4.39 Å². The zero-order chi connectivity index (χ0) is 13.4. The Morgan fingerprint density at radius 2 is 2.17 bits per heavy atom. The summed E-state index contributed by atoms with van der Waals surface area (Å²) in [5.74, 6) is -0.114. The van der Waals surface area contributed by atoms with Crippen LogP contribution in [-0.4, -0.2) is 38.6 Å². The highest BCUT2D eigenvalue weighted by Gasteiger charge is 2.08. The number of aliphatic hydroxyl groups excluding tert-OH is 1. The molecular formula is C13H20FNO3. The molecule has 1 aromatic rings. The molecule has 0 aliphatic heterocycles. The molecule has 0 aliphatic rings. The van der Waals surface area contributed by atoms with E-state index >= 15 is 0 Å². The van der Waals surface area contributed by atoms with Gasteiger partial charge >= 0.3 is 0 Å². The molecule has 0 saturated heterocycles. The number of methoxy groups -OCH3 is 1. The minimum absolute atomic E-state index is 0.0325. The number of aliphatic hydroxyl groups is 1. The van der Waals surface area contributed by atoms with Crippen molar-refractivity contribution in [1.29, 1.82) is 0 Å². The molecule has 2 N–H and O–H groups in total. The molecule has 0 fully saturated rings. The summed E-state index contributed by atoms with van der Waals surface area (Å²) >= 11 is 0. The Balaban J connectivity index is 2.43. The molecule has 0 bridgehead atoms. The SMILES string of the molecule is COc1cc(C(C)NCCOCCO)ccc1F. The topological polar surface area (TPSA) is 50.7 Å². The normalized spacial score (nSPS) is 12.4. The van der Waals surface area contributed by atoms with Crippen molar-refractivity contribution in [3.05, 3.63) is 29.6 Å². The monoisotopic (exact) mass is 257 g/mol. The lowest BCUT2D eigenvalue weighted by atomic mass is 10.1. The number of hydrogen-bond acceptors (Lipinski definition) is 4. The van der Waals surface area contributed by atoms with Crippen LogP contribution in [0.3, 0.4) is 0 Å². The van der Waals surface area contributed by atoms with Crippen LogP contribution in [0.15, 0.2) is 18.2 Å². The number of halogens is 1. The third-order valence-corrected chi connectivity index (χ3v) is 2.61. The van der Waals surface area contributed by atoms with Crippen molar-refractivity contribution in [2.45, 2.75) is 13.0 Å². The summed E-state index contributed by atoms with van der Waals surface area (Å²) in [7, 11) is 1.45. The molecule has 1 rings (SSSR count). The second kappa shape index (κ2) is 8.02. The van der Waals surface area contributed by atoms with E-state index < -0.39 is 0 Å². The smallest absolute Gasteiger partial charge is 0.165 e. The van der Waals surface area contributed by atoms with Crippen LogP contribution in [0.1, 0.15) is 18.5 Å². The van der Waals surface area contributed by atoms with Gasteiger partial charge in [0.15, 0.2) is 11.6 Å². The third kappa shape index (κ3) is 4.60. The standard InChI is InChI=1S/C13H20FNO3/c1-10(15-5-7-18-8-6-16)11-3-4-12(14)13(9-11)17-2/h3-4,9-10,15-16H,5-8H2,1-2H3. The molecule has 0 aliphatic carbocycles. The molecule has 102 valence electrons. The number of hydrogen-bond donors (Lipinski definition) is 2. The lowest BCUT2D eigenvalue weighted by Gasteiger charge is -2.15. The zero-order valence-electron chi connectivity index (χ0n) is 10.8. The molecule has 0 amide bonds. The quantitative estimate of drug-likeness (QED) is 0.693. The molecule has 1 atom stereocenters. The molecule has 5 heteroatoms. The fourth-order valence-corrected chi connectivity index (χ4v) is 1.58. The first-order chi connectivity index (χ1) is 8.69. The molecule has 1 aromatic carbocycles. The van der Waals surface area contributed by atoms with Crippen molar-refractivity contribution < 1.29 is 19.0 Å². The summed E-state index contributed by atoms with van der Waals surface area (Å²) in [6.45, 7) is 3.56. The number of benzene rings is 1. The fourth-order valence-electron chi connectivity index (χ4n) is 1.58. The largest absolute Gasteiger partial charge is 0.494 e. The fraction of sp³-hybridized carbons (Fsp3) is 0.538. The molecule has 0 saturated carbocycles. The lowest BCUT2D eigenvalue weighted by molar-refractivity contribution is 0.0928. The Bertz CT molecular complexity index is 360. The summed E-state index contributed by atoms with van der Waals surface area (Å²) in [5.41, 5.74) is 0.954. The highest BCUT2D eigenvalue weighted by Crippen LogP contribution is 2.22. The van der Waals surface area contributed by atoms with Crippen molar-refractivity contribution in [3.63, 3.8) is 0 Å². The minimum Gasteiger partial charge on any atom is -0.494 e. The van der Waals surface area contributed by atoms with Gasteiger partial charge in [-0.3, -0.25) is 0 Å². The Labute approximate surface area is 107 Å². The summed E-state index contributed by atoms with van der Waals surface area (Å²) in [6, 6.07) is 4.89. The van der Waals surface area contributed by atoms with Crippen molar-refractivity contribution in [2.24, 2.45) is 0 Å². The van der Waals surface area contributed by atoms with Crippen LogP contribution >= 0.6 is 0 Å². The van der Waals surface area contributed by atoms with Gasteiger partial charge in [-0.05, 0) is 24.6 Å². The van der Waals surface area contributed by atoms with E-state index in [1.54, 1.807) is 12.1 Å². The highest BCUT2D eigenvalue weighted by molar-refractivity contribution is 5.31. The predicted octanol–water partition coefficient (Wildman–Crippen LogP) is 1.49. The molecule has 0 spiro atoms. The Morgan fingerprint density at radius 1 is 1.39 bits per heavy atom. The van der Waals surface area contributed by atoms with Crippen LogP contribution in [0.5, 0.6) is 5.75 Å². The van der Waals surface area contributed by atoms with Gasteiger partial charge in [0, 0.05) is 12.6 Å². The first-order valence-corrected chi connectivity index (χ1v) is 5.94. The van der Waals surface area contributed by atoms with Crippen molar-refractivity contribution in [3.8, 4) is 5.75 Å². The average molecular weight is 257 g/mol. The van der Waals surface area contributed by atoms with Gasteiger partial charge in [-0.1, -0.05) is 6.07 Å². The Kier molecular flexibility index (Phi) is 6.64. The number of nitrogens with one attached hydrogen (secondary N) is 1. The third-order valence-electron chi connectivity index (χ3n) is 2.61. The van der Waals surface area contributed by atoms with Crippen LogP contribution in [0.4, 0.5) is 4.39 Å². The van der Waals surface area contributed by atoms with Gasteiger partial charge in [0.1, 0.15) is 0 Å². The van der Waals surface area contributed by atoms with Gasteiger partial charge in [0.25, 0.3) is 0 Å². The number of rotatable bonds is 8. The maximum atomic E-state index is 13.2. The molecule has 18 heavy (non-hydrogen) atoms. The predicted molar refractivity (Wildman–Crippen MR) is 67.3 cm³/mol. The minimum atomic E-state index is -0.361. The van der Waals surface area contributed by atoms with E-state index in [1.165, 1.54) is 13.2 Å². The molecule has 4 nitrogen and oxygen atoms in total. The lowest BCUT2D eigenvalue weighted by Crippen LogP contribution is -2.23. The second-order valence-electron chi connectivity index (χ2n) is 3.91. The number of ether oxygens (including phenoxy) is 2.